The Hall–Kier alpha value is -2.76. The molecule has 6 heteroatoms. The molecule has 6 nitrogen and oxygen atoms in total. The highest BCUT2D eigenvalue weighted by atomic mass is 16.1. The van der Waals surface area contributed by atoms with E-state index < -0.39 is 0 Å². The smallest absolute Gasteiger partial charge is 0.256 e. The standard InChI is InChI=1S/C16H17N5O/c1-3-8-21-15(9-11(2)20-21)19-16(22)12-4-5-13-14(10-12)18-7-6-17-13/h4-7,9-10H,3,8H2,1-2H3,(H,19,22). The summed E-state index contributed by atoms with van der Waals surface area (Å²) in [7, 11) is 0. The Morgan fingerprint density at radius 1 is 1.18 bits per heavy atom. The minimum Gasteiger partial charge on any atom is -0.307 e. The Bertz CT molecular complexity index is 824. The Morgan fingerprint density at radius 2 is 1.95 bits per heavy atom. The number of hydrogen-bond donors (Lipinski definition) is 1. The number of carbonyl (C=O) groups is 1. The van der Waals surface area contributed by atoms with Crippen molar-refractivity contribution in [3.63, 3.8) is 0 Å². The first-order valence-corrected chi connectivity index (χ1v) is 7.24. The summed E-state index contributed by atoms with van der Waals surface area (Å²) >= 11 is 0. The number of nitrogens with one attached hydrogen (secondary N) is 1. The van der Waals surface area contributed by atoms with E-state index in [0.717, 1.165) is 24.2 Å². The molecule has 1 N–H and O–H groups in total. The highest BCUT2D eigenvalue weighted by Gasteiger charge is 2.11. The molecule has 0 aliphatic rings. The molecule has 0 unspecified atom stereocenters. The highest BCUT2D eigenvalue weighted by Crippen LogP contribution is 2.15. The third-order valence-corrected chi connectivity index (χ3v) is 3.31. The quantitative estimate of drug-likeness (QED) is 0.803. The number of benzene rings is 1. The maximum absolute atomic E-state index is 12.4. The van der Waals surface area contributed by atoms with Gasteiger partial charge in [-0.25, -0.2) is 4.68 Å². The fourth-order valence-electron chi connectivity index (χ4n) is 2.32. The van der Waals surface area contributed by atoms with E-state index >= 15 is 0 Å². The van der Waals surface area contributed by atoms with Gasteiger partial charge in [-0.05, 0) is 31.5 Å². The average Bonchev–Trinajstić information content (AvgIpc) is 2.86. The molecule has 2 heterocycles. The van der Waals surface area contributed by atoms with Crippen LogP contribution in [0.3, 0.4) is 0 Å². The van der Waals surface area contributed by atoms with Gasteiger partial charge in [0.05, 0.1) is 16.7 Å². The van der Waals surface area contributed by atoms with Gasteiger partial charge >= 0.3 is 0 Å². The van der Waals surface area contributed by atoms with Gasteiger partial charge in [-0.3, -0.25) is 14.8 Å². The summed E-state index contributed by atoms with van der Waals surface area (Å²) in [4.78, 5) is 20.8. The normalized spacial score (nSPS) is 10.8. The molecule has 0 spiro atoms. The topological polar surface area (TPSA) is 72.7 Å². The Kier molecular flexibility index (Phi) is 3.82. The Labute approximate surface area is 128 Å². The van der Waals surface area contributed by atoms with Crippen molar-refractivity contribution in [3.8, 4) is 0 Å². The fourth-order valence-corrected chi connectivity index (χ4v) is 2.32. The van der Waals surface area contributed by atoms with Gasteiger partial charge in [-0.1, -0.05) is 6.92 Å². The van der Waals surface area contributed by atoms with Crippen LogP contribution in [0.1, 0.15) is 29.4 Å². The van der Waals surface area contributed by atoms with Crippen molar-refractivity contribution in [1.82, 2.24) is 19.7 Å². The van der Waals surface area contributed by atoms with Crippen molar-refractivity contribution in [3.05, 3.63) is 47.9 Å². The number of nitrogens with zero attached hydrogens (tertiary/aromatic N) is 4. The minimum absolute atomic E-state index is 0.176. The van der Waals surface area contributed by atoms with Crippen molar-refractivity contribution in [2.24, 2.45) is 0 Å². The molecule has 0 fully saturated rings. The lowest BCUT2D eigenvalue weighted by atomic mass is 10.2. The van der Waals surface area contributed by atoms with Crippen molar-refractivity contribution < 1.29 is 4.79 Å². The van der Waals surface area contributed by atoms with E-state index in [0.29, 0.717) is 16.9 Å². The van der Waals surface area contributed by atoms with E-state index in [1.54, 1.807) is 30.6 Å². The summed E-state index contributed by atoms with van der Waals surface area (Å²) in [6, 6.07) is 7.16. The molecule has 1 aromatic carbocycles. The molecule has 22 heavy (non-hydrogen) atoms. The van der Waals surface area contributed by atoms with Gasteiger partial charge in [0, 0.05) is 30.6 Å². The van der Waals surface area contributed by atoms with Crippen molar-refractivity contribution >= 4 is 22.8 Å². The van der Waals surface area contributed by atoms with Crippen LogP contribution in [0.15, 0.2) is 36.7 Å². The van der Waals surface area contributed by atoms with E-state index in [4.69, 9.17) is 0 Å². The minimum atomic E-state index is -0.176. The van der Waals surface area contributed by atoms with Gasteiger partial charge < -0.3 is 5.32 Å². The van der Waals surface area contributed by atoms with Crippen molar-refractivity contribution in [2.45, 2.75) is 26.8 Å². The number of carbonyl (C=O) groups excluding carboxylic acids is 1. The van der Waals surface area contributed by atoms with E-state index in [1.165, 1.54) is 0 Å². The second-order valence-corrected chi connectivity index (χ2v) is 5.11. The molecule has 0 saturated carbocycles. The largest absolute Gasteiger partial charge is 0.307 e. The van der Waals surface area contributed by atoms with Gasteiger partial charge in [-0.2, -0.15) is 5.10 Å². The van der Waals surface area contributed by atoms with E-state index in [2.05, 4.69) is 27.3 Å². The molecule has 0 bridgehead atoms. The third kappa shape index (κ3) is 2.81. The van der Waals surface area contributed by atoms with E-state index in [-0.39, 0.29) is 5.91 Å². The monoisotopic (exact) mass is 295 g/mol. The lowest BCUT2D eigenvalue weighted by Crippen LogP contribution is -2.15. The van der Waals surface area contributed by atoms with Crippen LogP contribution >= 0.6 is 0 Å². The zero-order valence-electron chi connectivity index (χ0n) is 12.6. The van der Waals surface area contributed by atoms with E-state index in [9.17, 15) is 4.79 Å². The van der Waals surface area contributed by atoms with Crippen LogP contribution in [-0.2, 0) is 6.54 Å². The summed E-state index contributed by atoms with van der Waals surface area (Å²) in [6.07, 6.45) is 4.20. The molecule has 2 aromatic heterocycles. The van der Waals surface area contributed by atoms with Gasteiger partial charge in [0.25, 0.3) is 5.91 Å². The molecular weight excluding hydrogens is 278 g/mol. The summed E-state index contributed by atoms with van der Waals surface area (Å²) in [5.74, 6) is 0.536. The van der Waals surface area contributed by atoms with Gasteiger partial charge in [0.1, 0.15) is 5.82 Å². The maximum atomic E-state index is 12.4. The lowest BCUT2D eigenvalue weighted by Gasteiger charge is -2.08. The molecular formula is C16H17N5O. The number of aromatic nitrogens is 4. The summed E-state index contributed by atoms with van der Waals surface area (Å²) in [5.41, 5.74) is 2.90. The van der Waals surface area contributed by atoms with Crippen molar-refractivity contribution in [2.75, 3.05) is 5.32 Å². The van der Waals surface area contributed by atoms with Gasteiger partial charge in [-0.15, -0.1) is 0 Å². The zero-order chi connectivity index (χ0) is 15.5. The van der Waals surface area contributed by atoms with Gasteiger partial charge in [0.15, 0.2) is 0 Å². The summed E-state index contributed by atoms with van der Waals surface area (Å²) in [6.45, 7) is 4.75. The van der Waals surface area contributed by atoms with Crippen LogP contribution in [0.5, 0.6) is 0 Å². The Balaban J connectivity index is 1.86. The van der Waals surface area contributed by atoms with Crippen molar-refractivity contribution in [1.29, 1.82) is 0 Å². The fraction of sp³-hybridized carbons (Fsp3) is 0.250. The first-order chi connectivity index (χ1) is 10.7. The predicted octanol–water partition coefficient (Wildman–Crippen LogP) is 2.80. The molecule has 0 aliphatic heterocycles. The second-order valence-electron chi connectivity index (χ2n) is 5.11. The number of rotatable bonds is 4. The highest BCUT2D eigenvalue weighted by molar-refractivity contribution is 6.05. The SMILES string of the molecule is CCCn1nc(C)cc1NC(=O)c1ccc2nccnc2c1. The lowest BCUT2D eigenvalue weighted by molar-refractivity contribution is 0.102. The summed E-state index contributed by atoms with van der Waals surface area (Å²) < 4.78 is 1.81. The first kappa shape index (κ1) is 14.2. The third-order valence-electron chi connectivity index (χ3n) is 3.31. The molecule has 1 amide bonds. The molecule has 0 atom stereocenters. The average molecular weight is 295 g/mol. The van der Waals surface area contributed by atoms with Crippen LogP contribution in [0, 0.1) is 6.92 Å². The van der Waals surface area contributed by atoms with Crippen LogP contribution in [0.2, 0.25) is 0 Å². The molecule has 0 aliphatic carbocycles. The number of hydrogen-bond acceptors (Lipinski definition) is 4. The second kappa shape index (κ2) is 5.93. The van der Waals surface area contributed by atoms with Crippen LogP contribution < -0.4 is 5.32 Å². The molecule has 3 rings (SSSR count). The number of aryl methyl sites for hydroxylation is 2. The van der Waals surface area contributed by atoms with Crippen LogP contribution in [0.4, 0.5) is 5.82 Å². The predicted molar refractivity (Wildman–Crippen MR) is 84.7 cm³/mol. The molecule has 0 saturated heterocycles. The summed E-state index contributed by atoms with van der Waals surface area (Å²) in [5, 5.41) is 7.29. The van der Waals surface area contributed by atoms with E-state index in [1.807, 2.05) is 17.7 Å². The molecule has 112 valence electrons. The Morgan fingerprint density at radius 3 is 2.73 bits per heavy atom. The van der Waals surface area contributed by atoms with Crippen LogP contribution in [-0.4, -0.2) is 25.7 Å². The number of fused-ring (bicyclic) bond motifs is 1. The van der Waals surface area contributed by atoms with Gasteiger partial charge in [0.2, 0.25) is 0 Å². The molecule has 0 radical (unpaired) electrons. The first-order valence-electron chi connectivity index (χ1n) is 7.24. The molecule has 3 aromatic rings. The zero-order valence-corrected chi connectivity index (χ0v) is 12.6. The maximum Gasteiger partial charge on any atom is 0.256 e. The van der Waals surface area contributed by atoms with Crippen LogP contribution in [0.25, 0.3) is 11.0 Å². The number of anilines is 1. The number of amides is 1.